The minimum Gasteiger partial charge on any atom is -0.262 e. The number of non-ortho nitro benzene ring substituents is 2. The van der Waals surface area contributed by atoms with Crippen LogP contribution in [-0.2, 0) is 27.1 Å². The fourth-order valence-electron chi connectivity index (χ4n) is 2.72. The van der Waals surface area contributed by atoms with Crippen molar-refractivity contribution < 1.29 is 22.4 Å². The van der Waals surface area contributed by atoms with E-state index in [1.165, 1.54) is 12.1 Å². The van der Waals surface area contributed by atoms with Gasteiger partial charge in [0.25, 0.3) is 21.5 Å². The van der Waals surface area contributed by atoms with Crippen LogP contribution < -0.4 is 0 Å². The van der Waals surface area contributed by atoms with Crippen molar-refractivity contribution in [3.63, 3.8) is 0 Å². The minimum atomic E-state index is -4.09. The van der Waals surface area contributed by atoms with Crippen LogP contribution in [0.25, 0.3) is 0 Å². The van der Waals surface area contributed by atoms with Crippen molar-refractivity contribution in [2.75, 3.05) is 0 Å². The average molecular weight is 364 g/mol. The summed E-state index contributed by atoms with van der Waals surface area (Å²) in [6.45, 7) is 0. The van der Waals surface area contributed by atoms with E-state index in [9.17, 15) is 28.6 Å². The molecule has 0 radical (unpaired) electrons. The van der Waals surface area contributed by atoms with Gasteiger partial charge in [0.1, 0.15) is 0 Å². The molecule has 0 amide bonds. The van der Waals surface area contributed by atoms with E-state index in [4.69, 9.17) is 4.18 Å². The Hall–Kier alpha value is -2.85. The molecule has 3 rings (SSSR count). The second kappa shape index (κ2) is 6.22. The first-order valence-corrected chi connectivity index (χ1v) is 8.61. The molecule has 10 heteroatoms. The topological polar surface area (TPSA) is 130 Å². The Bertz CT molecular complexity index is 954. The molecule has 0 saturated carbocycles. The standard InChI is InChI=1S/C15H12N2O7S/c18-16(19)12-3-5-15(6-4-12)25(22,23)24-14-8-10-1-2-13(17(20)21)7-11(10)9-14/h1-7,14H,8-9H2. The lowest BCUT2D eigenvalue weighted by Crippen LogP contribution is -2.18. The molecule has 1 unspecified atom stereocenters. The second-order valence-corrected chi connectivity index (χ2v) is 7.11. The molecule has 0 N–H and O–H groups in total. The molecule has 0 fully saturated rings. The molecule has 0 spiro atoms. The quantitative estimate of drug-likeness (QED) is 0.452. The molecule has 0 heterocycles. The van der Waals surface area contributed by atoms with Gasteiger partial charge in [-0.05, 0) is 23.3 Å². The highest BCUT2D eigenvalue weighted by Crippen LogP contribution is 2.30. The number of hydrogen-bond donors (Lipinski definition) is 0. The lowest BCUT2D eigenvalue weighted by molar-refractivity contribution is -0.385. The lowest BCUT2D eigenvalue weighted by atomic mass is 10.1. The predicted molar refractivity (Wildman–Crippen MR) is 85.7 cm³/mol. The van der Waals surface area contributed by atoms with Gasteiger partial charge in [-0.1, -0.05) is 6.07 Å². The smallest absolute Gasteiger partial charge is 0.262 e. The summed E-state index contributed by atoms with van der Waals surface area (Å²) in [5.41, 5.74) is 1.20. The fourth-order valence-corrected chi connectivity index (χ4v) is 3.79. The number of fused-ring (bicyclic) bond motifs is 1. The summed E-state index contributed by atoms with van der Waals surface area (Å²) < 4.78 is 29.8. The van der Waals surface area contributed by atoms with Gasteiger partial charge in [-0.15, -0.1) is 0 Å². The van der Waals surface area contributed by atoms with E-state index in [1.54, 1.807) is 6.07 Å². The Labute approximate surface area is 142 Å². The first-order chi connectivity index (χ1) is 11.8. The van der Waals surface area contributed by atoms with E-state index in [0.29, 0.717) is 12.0 Å². The monoisotopic (exact) mass is 364 g/mol. The maximum Gasteiger partial charge on any atom is 0.297 e. The summed E-state index contributed by atoms with van der Waals surface area (Å²) in [6.07, 6.45) is -0.111. The Morgan fingerprint density at radius 2 is 1.44 bits per heavy atom. The Kier molecular flexibility index (Phi) is 4.23. The van der Waals surface area contributed by atoms with Crippen molar-refractivity contribution in [1.82, 2.24) is 0 Å². The van der Waals surface area contributed by atoms with E-state index in [2.05, 4.69) is 0 Å². The number of nitro groups is 2. The second-order valence-electron chi connectivity index (χ2n) is 5.54. The van der Waals surface area contributed by atoms with Gasteiger partial charge in [0.2, 0.25) is 0 Å². The van der Waals surface area contributed by atoms with Gasteiger partial charge in [0, 0.05) is 37.1 Å². The van der Waals surface area contributed by atoms with Crippen LogP contribution >= 0.6 is 0 Å². The molecule has 25 heavy (non-hydrogen) atoms. The average Bonchev–Trinajstić information content (AvgIpc) is 2.95. The van der Waals surface area contributed by atoms with E-state index in [1.807, 2.05) is 0 Å². The Balaban J connectivity index is 1.76. The zero-order valence-corrected chi connectivity index (χ0v) is 13.5. The molecule has 1 aliphatic rings. The number of benzene rings is 2. The highest BCUT2D eigenvalue weighted by Gasteiger charge is 2.29. The van der Waals surface area contributed by atoms with Crippen LogP contribution in [0.2, 0.25) is 0 Å². The number of rotatable bonds is 5. The molecule has 0 bridgehead atoms. The first-order valence-electron chi connectivity index (χ1n) is 7.20. The Morgan fingerprint density at radius 1 is 0.880 bits per heavy atom. The summed E-state index contributed by atoms with van der Waals surface area (Å²) in [5.74, 6) is 0. The van der Waals surface area contributed by atoms with Crippen molar-refractivity contribution in [1.29, 1.82) is 0 Å². The van der Waals surface area contributed by atoms with Crippen molar-refractivity contribution in [3.05, 3.63) is 73.8 Å². The molecular formula is C15H12N2O7S. The van der Waals surface area contributed by atoms with Crippen molar-refractivity contribution in [2.45, 2.75) is 23.8 Å². The maximum absolute atomic E-state index is 12.3. The third-order valence-corrected chi connectivity index (χ3v) is 5.27. The molecule has 0 aromatic heterocycles. The van der Waals surface area contributed by atoms with E-state index in [-0.39, 0.29) is 22.7 Å². The first kappa shape index (κ1) is 17.0. The summed E-state index contributed by atoms with van der Waals surface area (Å²) in [6, 6.07) is 8.77. The van der Waals surface area contributed by atoms with Crippen LogP contribution in [0.1, 0.15) is 11.1 Å². The molecule has 9 nitrogen and oxygen atoms in total. The maximum atomic E-state index is 12.3. The lowest BCUT2D eigenvalue weighted by Gasteiger charge is -2.11. The molecular weight excluding hydrogens is 352 g/mol. The third-order valence-electron chi connectivity index (χ3n) is 3.89. The third kappa shape index (κ3) is 3.49. The number of hydrogen-bond acceptors (Lipinski definition) is 7. The molecule has 130 valence electrons. The van der Waals surface area contributed by atoms with Gasteiger partial charge in [-0.25, -0.2) is 0 Å². The van der Waals surface area contributed by atoms with Crippen molar-refractivity contribution in [3.8, 4) is 0 Å². The minimum absolute atomic E-state index is 0.0578. The van der Waals surface area contributed by atoms with E-state index >= 15 is 0 Å². The fraction of sp³-hybridized carbons (Fsp3) is 0.200. The van der Waals surface area contributed by atoms with E-state index < -0.39 is 26.1 Å². The predicted octanol–water partition coefficient (Wildman–Crippen LogP) is 2.38. The van der Waals surface area contributed by atoms with Crippen LogP contribution in [0.3, 0.4) is 0 Å². The molecule has 2 aromatic rings. The molecule has 1 atom stereocenters. The summed E-state index contributed by atoms with van der Waals surface area (Å²) in [5, 5.41) is 21.4. The molecule has 2 aromatic carbocycles. The van der Waals surface area contributed by atoms with Gasteiger partial charge in [0.15, 0.2) is 0 Å². The van der Waals surface area contributed by atoms with Crippen molar-refractivity contribution in [2.24, 2.45) is 0 Å². The zero-order chi connectivity index (χ0) is 18.2. The Morgan fingerprint density at radius 3 is 2.04 bits per heavy atom. The zero-order valence-electron chi connectivity index (χ0n) is 12.7. The molecule has 0 aliphatic heterocycles. The summed E-state index contributed by atoms with van der Waals surface area (Å²) in [7, 11) is -4.09. The normalized spacial score (nSPS) is 16.4. The summed E-state index contributed by atoms with van der Waals surface area (Å²) >= 11 is 0. The van der Waals surface area contributed by atoms with Crippen LogP contribution in [0.4, 0.5) is 11.4 Å². The summed E-state index contributed by atoms with van der Waals surface area (Å²) in [4.78, 5) is 20.1. The number of nitrogens with zero attached hydrogens (tertiary/aromatic N) is 2. The van der Waals surface area contributed by atoms with Gasteiger partial charge < -0.3 is 0 Å². The van der Waals surface area contributed by atoms with E-state index in [0.717, 1.165) is 29.8 Å². The van der Waals surface area contributed by atoms with Gasteiger partial charge in [-0.3, -0.25) is 24.4 Å². The highest BCUT2D eigenvalue weighted by atomic mass is 32.2. The van der Waals surface area contributed by atoms with Crippen LogP contribution in [0.15, 0.2) is 47.4 Å². The largest absolute Gasteiger partial charge is 0.297 e. The molecule has 0 saturated heterocycles. The van der Waals surface area contributed by atoms with Crippen LogP contribution in [-0.4, -0.2) is 24.4 Å². The number of nitro benzene ring substituents is 2. The molecule has 1 aliphatic carbocycles. The SMILES string of the molecule is O=[N+]([O-])c1ccc(S(=O)(=O)OC2Cc3ccc([N+](=O)[O-])cc3C2)cc1. The van der Waals surface area contributed by atoms with Gasteiger partial charge >= 0.3 is 0 Å². The van der Waals surface area contributed by atoms with Gasteiger partial charge in [0.05, 0.1) is 20.8 Å². The van der Waals surface area contributed by atoms with Crippen molar-refractivity contribution >= 4 is 21.5 Å². The van der Waals surface area contributed by atoms with Crippen LogP contribution in [0.5, 0.6) is 0 Å². The van der Waals surface area contributed by atoms with Crippen LogP contribution in [0, 0.1) is 20.2 Å². The highest BCUT2D eigenvalue weighted by molar-refractivity contribution is 7.86. The van der Waals surface area contributed by atoms with Gasteiger partial charge in [-0.2, -0.15) is 8.42 Å².